The summed E-state index contributed by atoms with van der Waals surface area (Å²) in [4.78, 5) is 3.09. The lowest BCUT2D eigenvalue weighted by Crippen LogP contribution is -1.84. The molecule has 0 amide bonds. The molecule has 0 spiro atoms. The smallest absolute Gasteiger partial charge is 0.101 e. The SMILES string of the molecule is N#Cc1c[nH]c2ccc3c(c12)COC3. The lowest BCUT2D eigenvalue weighted by Gasteiger charge is -1.98. The minimum Gasteiger partial charge on any atom is -0.372 e. The first-order chi connectivity index (χ1) is 6.90. The van der Waals surface area contributed by atoms with Crippen LogP contribution in [0.5, 0.6) is 0 Å². The van der Waals surface area contributed by atoms with Crippen LogP contribution in [-0.4, -0.2) is 4.98 Å². The zero-order valence-electron chi connectivity index (χ0n) is 7.50. The molecule has 3 rings (SSSR count). The van der Waals surface area contributed by atoms with Gasteiger partial charge in [0.25, 0.3) is 0 Å². The van der Waals surface area contributed by atoms with Gasteiger partial charge in [-0.1, -0.05) is 6.07 Å². The quantitative estimate of drug-likeness (QED) is 0.681. The van der Waals surface area contributed by atoms with Crippen LogP contribution >= 0.6 is 0 Å². The van der Waals surface area contributed by atoms with Gasteiger partial charge in [-0.25, -0.2) is 0 Å². The molecule has 0 unspecified atom stereocenters. The van der Waals surface area contributed by atoms with Crippen molar-refractivity contribution >= 4 is 10.9 Å². The normalized spacial score (nSPS) is 14.2. The van der Waals surface area contributed by atoms with Crippen LogP contribution in [0, 0.1) is 11.3 Å². The van der Waals surface area contributed by atoms with Crippen molar-refractivity contribution in [3.63, 3.8) is 0 Å². The van der Waals surface area contributed by atoms with Gasteiger partial charge in [-0.3, -0.25) is 0 Å². The summed E-state index contributed by atoms with van der Waals surface area (Å²) in [5.41, 5.74) is 4.10. The van der Waals surface area contributed by atoms with Gasteiger partial charge in [0, 0.05) is 17.1 Å². The van der Waals surface area contributed by atoms with Crippen molar-refractivity contribution in [2.24, 2.45) is 0 Å². The van der Waals surface area contributed by atoms with E-state index >= 15 is 0 Å². The maximum atomic E-state index is 8.94. The molecular formula is C11H8N2O. The Labute approximate surface area is 80.9 Å². The van der Waals surface area contributed by atoms with Crippen LogP contribution in [0.3, 0.4) is 0 Å². The molecule has 1 aliphatic rings. The molecule has 68 valence electrons. The molecule has 1 aromatic carbocycles. The highest BCUT2D eigenvalue weighted by molar-refractivity contribution is 5.90. The summed E-state index contributed by atoms with van der Waals surface area (Å²) in [6.45, 7) is 1.29. The molecule has 0 aliphatic carbocycles. The zero-order chi connectivity index (χ0) is 9.54. The van der Waals surface area contributed by atoms with Crippen molar-refractivity contribution in [3.05, 3.63) is 35.0 Å². The lowest BCUT2D eigenvalue weighted by atomic mass is 10.0. The molecule has 0 saturated heterocycles. The fourth-order valence-electron chi connectivity index (χ4n) is 1.99. The van der Waals surface area contributed by atoms with Gasteiger partial charge in [0.1, 0.15) is 6.07 Å². The molecule has 3 nitrogen and oxygen atoms in total. The van der Waals surface area contributed by atoms with Crippen LogP contribution in [0.4, 0.5) is 0 Å². The number of fused-ring (bicyclic) bond motifs is 3. The van der Waals surface area contributed by atoms with E-state index < -0.39 is 0 Å². The predicted octanol–water partition coefficient (Wildman–Crippen LogP) is 2.07. The molecule has 14 heavy (non-hydrogen) atoms. The molecule has 0 fully saturated rings. The Kier molecular flexibility index (Phi) is 1.41. The fourth-order valence-corrected chi connectivity index (χ4v) is 1.99. The van der Waals surface area contributed by atoms with E-state index in [9.17, 15) is 0 Å². The fraction of sp³-hybridized carbons (Fsp3) is 0.182. The highest BCUT2D eigenvalue weighted by Gasteiger charge is 2.17. The van der Waals surface area contributed by atoms with E-state index in [1.807, 2.05) is 6.07 Å². The van der Waals surface area contributed by atoms with Crippen molar-refractivity contribution in [2.75, 3.05) is 0 Å². The third-order valence-corrected chi connectivity index (χ3v) is 2.68. The van der Waals surface area contributed by atoms with Gasteiger partial charge >= 0.3 is 0 Å². The van der Waals surface area contributed by atoms with Crippen LogP contribution in [0.15, 0.2) is 18.3 Å². The molecular weight excluding hydrogens is 176 g/mol. The van der Waals surface area contributed by atoms with Crippen LogP contribution in [0.2, 0.25) is 0 Å². The number of aromatic nitrogens is 1. The van der Waals surface area contributed by atoms with Gasteiger partial charge in [0.2, 0.25) is 0 Å². The first kappa shape index (κ1) is 7.60. The molecule has 3 heteroatoms. The highest BCUT2D eigenvalue weighted by atomic mass is 16.5. The van der Waals surface area contributed by atoms with Crippen molar-refractivity contribution in [1.82, 2.24) is 4.98 Å². The minimum atomic E-state index is 0.624. The molecule has 1 aromatic heterocycles. The number of H-pyrrole nitrogens is 1. The van der Waals surface area contributed by atoms with Gasteiger partial charge < -0.3 is 9.72 Å². The lowest BCUT2D eigenvalue weighted by molar-refractivity contribution is 0.135. The number of rotatable bonds is 0. The Balaban J connectivity index is 2.46. The van der Waals surface area contributed by atoms with E-state index in [1.165, 1.54) is 11.1 Å². The largest absolute Gasteiger partial charge is 0.372 e. The minimum absolute atomic E-state index is 0.624. The number of hydrogen-bond acceptors (Lipinski definition) is 2. The van der Waals surface area contributed by atoms with Gasteiger partial charge in [0.05, 0.1) is 18.8 Å². The summed E-state index contributed by atoms with van der Waals surface area (Å²) >= 11 is 0. The Hall–Kier alpha value is -1.79. The molecule has 1 N–H and O–H groups in total. The molecule has 0 bridgehead atoms. The molecule has 0 saturated carbocycles. The average molecular weight is 184 g/mol. The van der Waals surface area contributed by atoms with Crippen LogP contribution < -0.4 is 0 Å². The second-order valence-electron chi connectivity index (χ2n) is 3.43. The number of aromatic amines is 1. The van der Waals surface area contributed by atoms with Crippen LogP contribution in [0.1, 0.15) is 16.7 Å². The van der Waals surface area contributed by atoms with Crippen LogP contribution in [-0.2, 0) is 18.0 Å². The number of ether oxygens (including phenoxy) is 1. The summed E-state index contributed by atoms with van der Waals surface area (Å²) in [7, 11) is 0. The van der Waals surface area contributed by atoms with Gasteiger partial charge in [-0.05, 0) is 17.2 Å². The molecule has 0 atom stereocenters. The van der Waals surface area contributed by atoms with E-state index in [0.29, 0.717) is 18.8 Å². The summed E-state index contributed by atoms with van der Waals surface area (Å²) in [5.74, 6) is 0. The highest BCUT2D eigenvalue weighted by Crippen LogP contribution is 2.30. The van der Waals surface area contributed by atoms with E-state index in [0.717, 1.165) is 10.9 Å². The molecule has 1 aliphatic heterocycles. The summed E-state index contributed by atoms with van der Waals surface area (Å²) < 4.78 is 5.37. The standard InChI is InChI=1S/C11H8N2O/c12-3-8-4-13-10-2-1-7-5-14-6-9(7)11(8)10/h1-2,4,13H,5-6H2. The third kappa shape index (κ3) is 0.835. The summed E-state index contributed by atoms with van der Waals surface area (Å²) in [6.07, 6.45) is 1.75. The monoisotopic (exact) mass is 184 g/mol. The van der Waals surface area contributed by atoms with E-state index in [4.69, 9.17) is 10.00 Å². The molecule has 2 aromatic rings. The Morgan fingerprint density at radius 1 is 1.36 bits per heavy atom. The maximum Gasteiger partial charge on any atom is 0.101 e. The first-order valence-corrected chi connectivity index (χ1v) is 4.50. The second-order valence-corrected chi connectivity index (χ2v) is 3.43. The van der Waals surface area contributed by atoms with Crippen molar-refractivity contribution < 1.29 is 4.74 Å². The van der Waals surface area contributed by atoms with Crippen LogP contribution in [0.25, 0.3) is 10.9 Å². The summed E-state index contributed by atoms with van der Waals surface area (Å²) in [6, 6.07) is 6.25. The van der Waals surface area contributed by atoms with E-state index in [2.05, 4.69) is 17.1 Å². The third-order valence-electron chi connectivity index (χ3n) is 2.68. The number of nitrogens with zero attached hydrogens (tertiary/aromatic N) is 1. The maximum absolute atomic E-state index is 8.94. The number of nitriles is 1. The molecule has 0 radical (unpaired) electrons. The van der Waals surface area contributed by atoms with Gasteiger partial charge in [-0.15, -0.1) is 0 Å². The Morgan fingerprint density at radius 3 is 3.14 bits per heavy atom. The summed E-state index contributed by atoms with van der Waals surface area (Å²) in [5, 5.41) is 9.98. The number of nitrogens with one attached hydrogen (secondary N) is 1. The Bertz CT molecular complexity index is 548. The predicted molar refractivity (Wildman–Crippen MR) is 51.5 cm³/mol. The Morgan fingerprint density at radius 2 is 2.29 bits per heavy atom. The first-order valence-electron chi connectivity index (χ1n) is 4.50. The van der Waals surface area contributed by atoms with Crippen molar-refractivity contribution in [3.8, 4) is 6.07 Å². The second kappa shape index (κ2) is 2.60. The number of hydrogen-bond donors (Lipinski definition) is 1. The average Bonchev–Trinajstić information content (AvgIpc) is 2.82. The van der Waals surface area contributed by atoms with Gasteiger partial charge in [0.15, 0.2) is 0 Å². The van der Waals surface area contributed by atoms with Gasteiger partial charge in [-0.2, -0.15) is 5.26 Å². The van der Waals surface area contributed by atoms with Crippen molar-refractivity contribution in [2.45, 2.75) is 13.2 Å². The van der Waals surface area contributed by atoms with E-state index in [1.54, 1.807) is 6.20 Å². The molecule has 2 heterocycles. The van der Waals surface area contributed by atoms with E-state index in [-0.39, 0.29) is 0 Å². The number of benzene rings is 1. The topological polar surface area (TPSA) is 48.8 Å². The zero-order valence-corrected chi connectivity index (χ0v) is 7.50. The van der Waals surface area contributed by atoms with Crippen molar-refractivity contribution in [1.29, 1.82) is 5.26 Å².